The van der Waals surface area contributed by atoms with Crippen LogP contribution < -0.4 is 5.32 Å². The van der Waals surface area contributed by atoms with Crippen LogP contribution in [0.2, 0.25) is 0 Å². The Bertz CT molecular complexity index is 348. The van der Waals surface area contributed by atoms with Gasteiger partial charge >= 0.3 is 16.3 Å². The summed E-state index contributed by atoms with van der Waals surface area (Å²) in [6.45, 7) is 6.93. The van der Waals surface area contributed by atoms with Gasteiger partial charge in [0.1, 0.15) is 5.60 Å². The van der Waals surface area contributed by atoms with Crippen molar-refractivity contribution in [2.75, 3.05) is 5.75 Å². The van der Waals surface area contributed by atoms with Gasteiger partial charge in [-0.2, -0.15) is 8.42 Å². The Hall–Kier alpha value is -0.850. The van der Waals surface area contributed by atoms with Gasteiger partial charge in [-0.15, -0.1) is 3.89 Å². The zero-order valence-electron chi connectivity index (χ0n) is 10.6. The summed E-state index contributed by atoms with van der Waals surface area (Å²) in [7, 11) is -4.42. The lowest BCUT2D eigenvalue weighted by molar-refractivity contribution is 0.0506. The highest BCUT2D eigenvalue weighted by Crippen LogP contribution is 2.08. The van der Waals surface area contributed by atoms with Crippen molar-refractivity contribution in [3.63, 3.8) is 0 Å². The van der Waals surface area contributed by atoms with Gasteiger partial charge in [-0.05, 0) is 40.5 Å². The minimum absolute atomic E-state index is 0.162. The van der Waals surface area contributed by atoms with Crippen LogP contribution >= 0.6 is 0 Å². The third kappa shape index (κ3) is 11.4. The second-order valence-electron chi connectivity index (χ2n) is 4.93. The van der Waals surface area contributed by atoms with E-state index in [0.29, 0.717) is 6.42 Å². The van der Waals surface area contributed by atoms with E-state index >= 15 is 0 Å². The summed E-state index contributed by atoms with van der Waals surface area (Å²) in [5.41, 5.74) is -0.577. The topological polar surface area (TPSA) is 72.5 Å². The molecular formula is C10H20FNO4S. The number of ether oxygens (including phenoxy) is 1. The number of hydrogen-bond acceptors (Lipinski definition) is 4. The smallest absolute Gasteiger partial charge is 0.407 e. The SMILES string of the molecule is CC(CCCS(=O)(=O)F)NC(=O)OC(C)(C)C. The van der Waals surface area contributed by atoms with Crippen LogP contribution in [0.3, 0.4) is 0 Å². The molecule has 0 bridgehead atoms. The molecule has 102 valence electrons. The van der Waals surface area contributed by atoms with Crippen LogP contribution in [0.25, 0.3) is 0 Å². The summed E-state index contributed by atoms with van der Waals surface area (Å²) in [6, 6.07) is -0.258. The molecule has 0 aromatic heterocycles. The highest BCUT2D eigenvalue weighted by Gasteiger charge is 2.17. The van der Waals surface area contributed by atoms with Gasteiger partial charge in [0, 0.05) is 6.04 Å². The molecular weight excluding hydrogens is 249 g/mol. The van der Waals surface area contributed by atoms with Crippen LogP contribution in [-0.4, -0.2) is 31.9 Å². The number of halogens is 1. The summed E-state index contributed by atoms with van der Waals surface area (Å²) in [4.78, 5) is 11.3. The number of rotatable bonds is 5. The molecule has 0 aliphatic carbocycles. The first-order valence-electron chi connectivity index (χ1n) is 5.41. The molecule has 0 aromatic carbocycles. The van der Waals surface area contributed by atoms with Crippen molar-refractivity contribution in [1.29, 1.82) is 0 Å². The molecule has 0 radical (unpaired) electrons. The molecule has 1 N–H and O–H groups in total. The van der Waals surface area contributed by atoms with E-state index in [1.165, 1.54) is 0 Å². The first kappa shape index (κ1) is 16.1. The molecule has 5 nitrogen and oxygen atoms in total. The van der Waals surface area contributed by atoms with E-state index in [9.17, 15) is 17.1 Å². The van der Waals surface area contributed by atoms with Crippen LogP contribution in [0.4, 0.5) is 8.68 Å². The average Bonchev–Trinajstić information content (AvgIpc) is 1.96. The van der Waals surface area contributed by atoms with E-state index in [1.807, 2.05) is 0 Å². The first-order chi connectivity index (χ1) is 7.49. The molecule has 0 aliphatic rings. The summed E-state index contributed by atoms with van der Waals surface area (Å²) < 4.78 is 37.7. The minimum Gasteiger partial charge on any atom is -0.444 e. The van der Waals surface area contributed by atoms with Crippen LogP contribution in [0.5, 0.6) is 0 Å². The minimum atomic E-state index is -4.42. The predicted octanol–water partition coefficient (Wildman–Crippen LogP) is 1.98. The number of hydrogen-bond donors (Lipinski definition) is 1. The fourth-order valence-corrected chi connectivity index (χ4v) is 1.65. The largest absolute Gasteiger partial charge is 0.444 e. The van der Waals surface area contributed by atoms with E-state index in [0.717, 1.165) is 0 Å². The summed E-state index contributed by atoms with van der Waals surface area (Å²) in [6.07, 6.45) is -0.0221. The highest BCUT2D eigenvalue weighted by atomic mass is 32.3. The summed E-state index contributed by atoms with van der Waals surface area (Å²) >= 11 is 0. The Morgan fingerprint density at radius 3 is 2.35 bits per heavy atom. The van der Waals surface area contributed by atoms with Crippen molar-refractivity contribution >= 4 is 16.3 Å². The number of carbonyl (C=O) groups is 1. The van der Waals surface area contributed by atoms with Gasteiger partial charge in [-0.3, -0.25) is 0 Å². The lowest BCUT2D eigenvalue weighted by Gasteiger charge is -2.21. The third-order valence-corrected chi connectivity index (χ3v) is 2.56. The molecule has 0 aliphatic heterocycles. The van der Waals surface area contributed by atoms with Gasteiger partial charge in [-0.1, -0.05) is 0 Å². The maximum atomic E-state index is 12.2. The molecule has 0 heterocycles. The van der Waals surface area contributed by atoms with Crippen molar-refractivity contribution in [3.8, 4) is 0 Å². The van der Waals surface area contributed by atoms with Crippen LogP contribution in [0.1, 0.15) is 40.5 Å². The molecule has 0 fully saturated rings. The quantitative estimate of drug-likeness (QED) is 0.775. The van der Waals surface area contributed by atoms with Crippen molar-refractivity contribution < 1.29 is 21.8 Å². The Labute approximate surface area is 102 Å². The molecule has 0 rings (SSSR count). The van der Waals surface area contributed by atoms with E-state index in [4.69, 9.17) is 4.74 Å². The number of nitrogens with one attached hydrogen (secondary N) is 1. The second kappa shape index (κ2) is 6.18. The standard InChI is InChI=1S/C10H20FNO4S/c1-8(6-5-7-17(11,14)15)12-9(13)16-10(2,3)4/h8H,5-7H2,1-4H3,(H,12,13). The van der Waals surface area contributed by atoms with Gasteiger partial charge in [0.15, 0.2) is 0 Å². The van der Waals surface area contributed by atoms with Gasteiger partial charge in [0.25, 0.3) is 0 Å². The predicted molar refractivity (Wildman–Crippen MR) is 63.0 cm³/mol. The van der Waals surface area contributed by atoms with E-state index in [-0.39, 0.29) is 12.5 Å². The first-order valence-corrected chi connectivity index (χ1v) is 6.97. The van der Waals surface area contributed by atoms with Crippen molar-refractivity contribution in [2.45, 2.75) is 52.2 Å². The van der Waals surface area contributed by atoms with E-state index in [1.54, 1.807) is 27.7 Å². The van der Waals surface area contributed by atoms with Gasteiger partial charge in [0.05, 0.1) is 5.75 Å². The Kier molecular flexibility index (Phi) is 5.87. The Morgan fingerprint density at radius 1 is 1.41 bits per heavy atom. The zero-order valence-corrected chi connectivity index (χ0v) is 11.4. The van der Waals surface area contributed by atoms with Crippen molar-refractivity contribution in [2.24, 2.45) is 0 Å². The van der Waals surface area contributed by atoms with Crippen molar-refractivity contribution in [1.82, 2.24) is 5.32 Å². The fourth-order valence-electron chi connectivity index (χ4n) is 1.14. The molecule has 7 heteroatoms. The maximum Gasteiger partial charge on any atom is 0.407 e. The van der Waals surface area contributed by atoms with E-state index in [2.05, 4.69) is 5.32 Å². The molecule has 0 spiro atoms. The van der Waals surface area contributed by atoms with Crippen molar-refractivity contribution in [3.05, 3.63) is 0 Å². The Morgan fingerprint density at radius 2 is 1.94 bits per heavy atom. The zero-order chi connectivity index (χ0) is 13.7. The van der Waals surface area contributed by atoms with Gasteiger partial charge in [0.2, 0.25) is 0 Å². The third-order valence-electron chi connectivity index (χ3n) is 1.79. The second-order valence-corrected chi connectivity index (χ2v) is 6.42. The number of amides is 1. The molecule has 1 atom stereocenters. The Balaban J connectivity index is 3.87. The lowest BCUT2D eigenvalue weighted by Crippen LogP contribution is -2.37. The van der Waals surface area contributed by atoms with E-state index < -0.39 is 27.7 Å². The lowest BCUT2D eigenvalue weighted by atomic mass is 10.2. The van der Waals surface area contributed by atoms with Crippen LogP contribution in [0, 0.1) is 0 Å². The molecule has 17 heavy (non-hydrogen) atoms. The summed E-state index contributed by atoms with van der Waals surface area (Å²) in [5, 5.41) is 2.54. The fraction of sp³-hybridized carbons (Fsp3) is 0.900. The number of carbonyl (C=O) groups excluding carboxylic acids is 1. The monoisotopic (exact) mass is 269 g/mol. The van der Waals surface area contributed by atoms with Gasteiger partial charge < -0.3 is 10.1 Å². The van der Waals surface area contributed by atoms with Crippen LogP contribution in [0.15, 0.2) is 0 Å². The molecule has 0 saturated carbocycles. The number of alkyl carbamates (subject to hydrolysis) is 1. The summed E-state index contributed by atoms with van der Waals surface area (Å²) in [5.74, 6) is -0.520. The van der Waals surface area contributed by atoms with Crippen LogP contribution in [-0.2, 0) is 15.0 Å². The molecule has 1 amide bonds. The maximum absolute atomic E-state index is 12.2. The normalized spacial score (nSPS) is 14.2. The molecule has 0 saturated heterocycles. The molecule has 1 unspecified atom stereocenters. The molecule has 0 aromatic rings. The average molecular weight is 269 g/mol. The van der Waals surface area contributed by atoms with Gasteiger partial charge in [-0.25, -0.2) is 4.79 Å². The highest BCUT2D eigenvalue weighted by molar-refractivity contribution is 7.86.